The van der Waals surface area contributed by atoms with E-state index in [4.69, 9.17) is 9.05 Å². The number of nitrogens with zero attached hydrogens (tertiary/aromatic N) is 1. The minimum absolute atomic E-state index is 0.0500. The number of phosphoric ester groups is 1. The Hall–Kier alpha value is -2.06. The third-order valence-corrected chi connectivity index (χ3v) is 13.9. The molecule has 0 radical (unpaired) electrons. The summed E-state index contributed by atoms with van der Waals surface area (Å²) < 4.78 is 23.7. The number of carbonyl (C=O) groups is 1. The van der Waals surface area contributed by atoms with E-state index in [-0.39, 0.29) is 19.1 Å². The zero-order valence-corrected chi connectivity index (χ0v) is 47.4. The normalized spacial score (nSPS) is 14.4. The summed E-state index contributed by atoms with van der Waals surface area (Å²) in [5, 5.41) is 13.9. The lowest BCUT2D eigenvalue weighted by Crippen LogP contribution is -2.45. The van der Waals surface area contributed by atoms with Crippen molar-refractivity contribution >= 4 is 13.7 Å². The molecule has 0 aromatic heterocycles. The van der Waals surface area contributed by atoms with Gasteiger partial charge < -0.3 is 19.8 Å². The molecular formula is C61H114N2O6P+. The molecule has 3 unspecified atom stereocenters. The number of rotatable bonds is 53. The average Bonchev–Trinajstić information content (AvgIpc) is 3.32. The first-order valence-electron chi connectivity index (χ1n) is 29.3. The Labute approximate surface area is 434 Å². The largest absolute Gasteiger partial charge is 0.472 e. The molecule has 1 amide bonds. The van der Waals surface area contributed by atoms with Crippen LogP contribution in [0.25, 0.3) is 0 Å². The number of phosphoric acid groups is 1. The molecule has 0 saturated heterocycles. The molecule has 3 N–H and O–H groups in total. The highest BCUT2D eigenvalue weighted by Crippen LogP contribution is 2.43. The summed E-state index contributed by atoms with van der Waals surface area (Å²) in [7, 11) is 1.54. The molecular weight excluding hydrogens is 888 g/mol. The molecule has 9 heteroatoms. The molecule has 0 heterocycles. The van der Waals surface area contributed by atoms with Gasteiger partial charge in [0.05, 0.1) is 39.9 Å². The Bertz CT molecular complexity index is 1370. The van der Waals surface area contributed by atoms with Crippen molar-refractivity contribution in [3.63, 3.8) is 0 Å². The quantitative estimate of drug-likeness (QED) is 0.0243. The van der Waals surface area contributed by atoms with E-state index in [0.29, 0.717) is 17.4 Å². The highest BCUT2D eigenvalue weighted by atomic mass is 31.2. The molecule has 0 fully saturated rings. The van der Waals surface area contributed by atoms with E-state index < -0.39 is 20.0 Å². The third kappa shape index (κ3) is 53.7. The van der Waals surface area contributed by atoms with Gasteiger partial charge in [-0.2, -0.15) is 0 Å². The van der Waals surface area contributed by atoms with E-state index >= 15 is 0 Å². The lowest BCUT2D eigenvalue weighted by atomic mass is 10.0. The fourth-order valence-corrected chi connectivity index (χ4v) is 9.08. The van der Waals surface area contributed by atoms with E-state index in [1.54, 1.807) is 6.08 Å². The monoisotopic (exact) mass is 1000 g/mol. The van der Waals surface area contributed by atoms with Crippen LogP contribution in [-0.2, 0) is 18.4 Å². The van der Waals surface area contributed by atoms with Gasteiger partial charge in [0.1, 0.15) is 13.2 Å². The first kappa shape index (κ1) is 67.9. The topological polar surface area (TPSA) is 105 Å². The van der Waals surface area contributed by atoms with Crippen LogP contribution in [0.4, 0.5) is 0 Å². The van der Waals surface area contributed by atoms with Gasteiger partial charge in [-0.3, -0.25) is 13.8 Å². The number of amides is 1. The van der Waals surface area contributed by atoms with Crippen molar-refractivity contribution in [2.45, 2.75) is 270 Å². The summed E-state index contributed by atoms with van der Waals surface area (Å²) in [6.07, 6.45) is 71.6. The van der Waals surface area contributed by atoms with Gasteiger partial charge in [-0.05, 0) is 70.6 Å². The van der Waals surface area contributed by atoms with E-state index in [9.17, 15) is 19.4 Å². The van der Waals surface area contributed by atoms with Gasteiger partial charge in [-0.25, -0.2) is 4.57 Å². The zero-order valence-electron chi connectivity index (χ0n) is 46.5. The molecule has 8 nitrogen and oxygen atoms in total. The van der Waals surface area contributed by atoms with Crippen LogP contribution in [0.2, 0.25) is 0 Å². The smallest absolute Gasteiger partial charge is 0.387 e. The molecule has 3 atom stereocenters. The molecule has 0 bridgehead atoms. The second-order valence-corrected chi connectivity index (χ2v) is 22.4. The molecule has 0 aliphatic heterocycles. The highest BCUT2D eigenvalue weighted by molar-refractivity contribution is 7.47. The number of quaternary nitrogens is 1. The van der Waals surface area contributed by atoms with Gasteiger partial charge in [-0.1, -0.05) is 254 Å². The van der Waals surface area contributed by atoms with Crippen LogP contribution in [0.15, 0.2) is 72.9 Å². The Balaban J connectivity index is 4.23. The molecule has 70 heavy (non-hydrogen) atoms. The fourth-order valence-electron chi connectivity index (χ4n) is 8.34. The number of hydrogen-bond acceptors (Lipinski definition) is 5. The van der Waals surface area contributed by atoms with Crippen LogP contribution in [0.1, 0.15) is 258 Å². The molecule has 0 saturated carbocycles. The summed E-state index contributed by atoms with van der Waals surface area (Å²) in [6.45, 7) is 4.69. The predicted octanol–water partition coefficient (Wildman–Crippen LogP) is 17.9. The van der Waals surface area contributed by atoms with Crippen LogP contribution >= 0.6 is 7.82 Å². The van der Waals surface area contributed by atoms with Crippen molar-refractivity contribution in [2.75, 3.05) is 40.9 Å². The van der Waals surface area contributed by atoms with Crippen molar-refractivity contribution in [3.8, 4) is 0 Å². The van der Waals surface area contributed by atoms with Crippen molar-refractivity contribution in [1.82, 2.24) is 5.32 Å². The summed E-state index contributed by atoms with van der Waals surface area (Å²) in [5.41, 5.74) is 0. The van der Waals surface area contributed by atoms with E-state index in [2.05, 4.69) is 79.9 Å². The van der Waals surface area contributed by atoms with Gasteiger partial charge in [-0.15, -0.1) is 0 Å². The molecule has 0 aliphatic carbocycles. The number of hydrogen-bond donors (Lipinski definition) is 3. The maximum absolute atomic E-state index is 13.0. The molecule has 0 rings (SSSR count). The third-order valence-electron chi connectivity index (χ3n) is 12.9. The highest BCUT2D eigenvalue weighted by Gasteiger charge is 2.27. The first-order valence-corrected chi connectivity index (χ1v) is 30.8. The summed E-state index contributed by atoms with van der Waals surface area (Å²) in [5.74, 6) is -0.201. The van der Waals surface area contributed by atoms with Crippen LogP contribution in [-0.4, -0.2) is 73.4 Å². The SMILES string of the molecule is CC/C=C\C/C=C\C/C=C\C/C=C\CCCCCCCCC(=O)NC(COP(=O)(O)OCC[N+](C)(C)C)C(O)/C=C/CC/C=C/CCCCCCCCCCCCCCCCCCCCCCCCC. The van der Waals surface area contributed by atoms with Crippen LogP contribution < -0.4 is 5.32 Å². The Morgan fingerprint density at radius 2 is 0.871 bits per heavy atom. The van der Waals surface area contributed by atoms with Crippen molar-refractivity contribution in [2.24, 2.45) is 0 Å². The van der Waals surface area contributed by atoms with Crippen LogP contribution in [0, 0.1) is 0 Å². The second kappa shape index (κ2) is 51.8. The number of allylic oxidation sites excluding steroid dienone is 11. The second-order valence-electron chi connectivity index (χ2n) is 21.0. The summed E-state index contributed by atoms with van der Waals surface area (Å²) in [4.78, 5) is 23.3. The van der Waals surface area contributed by atoms with Crippen molar-refractivity contribution in [3.05, 3.63) is 72.9 Å². The molecule has 0 spiro atoms. The minimum atomic E-state index is -4.36. The maximum atomic E-state index is 13.0. The van der Waals surface area contributed by atoms with Crippen molar-refractivity contribution in [1.29, 1.82) is 0 Å². The van der Waals surface area contributed by atoms with Gasteiger partial charge in [0.25, 0.3) is 0 Å². The molecule has 0 aliphatic rings. The molecule has 0 aromatic rings. The maximum Gasteiger partial charge on any atom is 0.472 e. The van der Waals surface area contributed by atoms with Gasteiger partial charge in [0.15, 0.2) is 0 Å². The molecule has 408 valence electrons. The van der Waals surface area contributed by atoms with E-state index in [0.717, 1.165) is 77.0 Å². The van der Waals surface area contributed by atoms with Crippen LogP contribution in [0.5, 0.6) is 0 Å². The summed E-state index contributed by atoms with van der Waals surface area (Å²) in [6, 6.07) is -0.876. The van der Waals surface area contributed by atoms with Crippen molar-refractivity contribution < 1.29 is 32.9 Å². The zero-order chi connectivity index (χ0) is 51.3. The Morgan fingerprint density at radius 1 is 0.500 bits per heavy atom. The van der Waals surface area contributed by atoms with Gasteiger partial charge in [0, 0.05) is 6.42 Å². The fraction of sp³-hybridized carbons (Fsp3) is 0.787. The Kier molecular flexibility index (Phi) is 50.3. The number of carbonyl (C=O) groups excluding carboxylic acids is 1. The average molecular weight is 1000 g/mol. The Morgan fingerprint density at radius 3 is 1.31 bits per heavy atom. The van der Waals surface area contributed by atoms with Gasteiger partial charge in [0.2, 0.25) is 5.91 Å². The van der Waals surface area contributed by atoms with E-state index in [1.165, 1.54) is 161 Å². The van der Waals surface area contributed by atoms with Gasteiger partial charge >= 0.3 is 7.82 Å². The predicted molar refractivity (Wildman–Crippen MR) is 304 cm³/mol. The van der Waals surface area contributed by atoms with E-state index in [1.807, 2.05) is 27.2 Å². The number of aliphatic hydroxyl groups excluding tert-OH is 1. The lowest BCUT2D eigenvalue weighted by molar-refractivity contribution is -0.870. The standard InChI is InChI=1S/C61H113N2O6P/c1-6-8-10-12-14-16-18-20-22-24-26-27-28-29-30-31-32-33-34-35-37-38-40-42-44-46-48-50-52-54-60(64)59(58-69-70(66,67)68-57-56-63(3,4)5)62-61(65)55-53-51-49-47-45-43-41-39-36-25-23-21-19-17-15-13-11-9-7-2/h9,11,15,17,21,23,36,39,44,46,52,54,59-60,64H,6-8,10,12-14,16,18-20,22,24-35,37-38,40-43,45,47-51,53,55-58H2,1-5H3,(H-,62,65,66,67)/p+1/b11-9-,17-15-,23-21-,39-36-,46-44+,54-52+. The lowest BCUT2D eigenvalue weighted by Gasteiger charge is -2.25. The number of likely N-dealkylation sites (N-methyl/N-ethyl adjacent to an activating group) is 1. The minimum Gasteiger partial charge on any atom is -0.387 e. The number of unbranched alkanes of at least 4 members (excludes halogenated alkanes) is 30. The summed E-state index contributed by atoms with van der Waals surface area (Å²) >= 11 is 0. The number of nitrogens with one attached hydrogen (secondary N) is 1. The molecule has 0 aromatic carbocycles. The number of aliphatic hydroxyl groups is 1. The van der Waals surface area contributed by atoms with Crippen LogP contribution in [0.3, 0.4) is 0 Å². The first-order chi connectivity index (χ1) is 34.0.